The molecule has 1 N–H and O–H groups in total. The number of ether oxygens (including phenoxy) is 2. The molecule has 0 saturated carbocycles. The highest BCUT2D eigenvalue weighted by Crippen LogP contribution is 2.34. The van der Waals surface area contributed by atoms with Crippen LogP contribution in [0.25, 0.3) is 0 Å². The first-order chi connectivity index (χ1) is 12.6. The lowest BCUT2D eigenvalue weighted by atomic mass is 9.85. The lowest BCUT2D eigenvalue weighted by molar-refractivity contribution is -0.135. The zero-order valence-electron chi connectivity index (χ0n) is 15.6. The second-order valence-corrected chi connectivity index (χ2v) is 6.77. The molecule has 2 aromatic carbocycles. The fourth-order valence-electron chi connectivity index (χ4n) is 3.30. The molecule has 1 amide bonds. The van der Waals surface area contributed by atoms with Crippen molar-refractivity contribution in [2.45, 2.75) is 25.3 Å². The van der Waals surface area contributed by atoms with Crippen molar-refractivity contribution in [1.29, 1.82) is 0 Å². The molecule has 0 bridgehead atoms. The number of amides is 1. The van der Waals surface area contributed by atoms with Crippen LogP contribution >= 0.6 is 0 Å². The number of hydrogen-bond acceptors (Lipinski definition) is 4. The third kappa shape index (κ3) is 3.68. The number of likely N-dealkylation sites (tertiary alicyclic amines) is 1. The van der Waals surface area contributed by atoms with Gasteiger partial charge in [0, 0.05) is 19.2 Å². The topological polar surface area (TPSA) is 50.8 Å². The van der Waals surface area contributed by atoms with Gasteiger partial charge in [0.25, 0.3) is 0 Å². The molecule has 26 heavy (non-hydrogen) atoms. The minimum absolute atomic E-state index is 0.0108. The van der Waals surface area contributed by atoms with Crippen LogP contribution in [0.5, 0.6) is 11.5 Å². The Hall–Kier alpha value is -2.53. The normalized spacial score (nSPS) is 19.5. The summed E-state index contributed by atoms with van der Waals surface area (Å²) in [5, 5.41) is 3.02. The standard InChI is InChI=1S/C21H26N2O3/c1-21(12-14-23(21)13-11-16-7-5-4-6-8-16)20(24)22-18-15-17(25-2)9-10-19(18)26-3/h4-10,15H,11-14H2,1-3H3,(H,22,24). The molecule has 3 rings (SSSR count). The van der Waals surface area contributed by atoms with Gasteiger partial charge in [0.2, 0.25) is 5.91 Å². The van der Waals surface area contributed by atoms with Crippen molar-refractivity contribution in [3.8, 4) is 11.5 Å². The second-order valence-electron chi connectivity index (χ2n) is 6.77. The van der Waals surface area contributed by atoms with Gasteiger partial charge in [0.1, 0.15) is 11.5 Å². The van der Waals surface area contributed by atoms with Gasteiger partial charge in [-0.15, -0.1) is 0 Å². The van der Waals surface area contributed by atoms with Crippen LogP contribution in [0.2, 0.25) is 0 Å². The quantitative estimate of drug-likeness (QED) is 0.828. The molecule has 1 fully saturated rings. The van der Waals surface area contributed by atoms with Crippen LogP contribution in [-0.2, 0) is 11.2 Å². The summed E-state index contributed by atoms with van der Waals surface area (Å²) in [6, 6.07) is 15.8. The number of anilines is 1. The minimum atomic E-state index is -0.497. The Kier molecular flexibility index (Phi) is 5.47. The van der Waals surface area contributed by atoms with E-state index in [1.54, 1.807) is 26.4 Å². The number of benzene rings is 2. The predicted molar refractivity (Wildman–Crippen MR) is 103 cm³/mol. The van der Waals surface area contributed by atoms with Crippen molar-refractivity contribution in [3.05, 3.63) is 54.1 Å². The summed E-state index contributed by atoms with van der Waals surface area (Å²) in [6.07, 6.45) is 1.78. The Morgan fingerprint density at radius 1 is 1.15 bits per heavy atom. The Labute approximate surface area is 154 Å². The summed E-state index contributed by atoms with van der Waals surface area (Å²) >= 11 is 0. The molecule has 0 radical (unpaired) electrons. The van der Waals surface area contributed by atoms with E-state index in [-0.39, 0.29) is 5.91 Å². The first-order valence-corrected chi connectivity index (χ1v) is 8.89. The molecule has 1 unspecified atom stereocenters. The van der Waals surface area contributed by atoms with Gasteiger partial charge < -0.3 is 14.8 Å². The van der Waals surface area contributed by atoms with E-state index in [1.165, 1.54) is 5.56 Å². The number of rotatable bonds is 7. The van der Waals surface area contributed by atoms with Crippen molar-refractivity contribution in [3.63, 3.8) is 0 Å². The van der Waals surface area contributed by atoms with E-state index in [0.29, 0.717) is 17.2 Å². The summed E-state index contributed by atoms with van der Waals surface area (Å²) in [6.45, 7) is 3.80. The summed E-state index contributed by atoms with van der Waals surface area (Å²) in [4.78, 5) is 15.2. The fraction of sp³-hybridized carbons (Fsp3) is 0.381. The SMILES string of the molecule is COc1ccc(OC)c(NC(=O)C2(C)CCN2CCc2ccccc2)c1. The maximum absolute atomic E-state index is 13.0. The van der Waals surface area contributed by atoms with Crippen molar-refractivity contribution < 1.29 is 14.3 Å². The van der Waals surface area contributed by atoms with Crippen molar-refractivity contribution in [2.24, 2.45) is 0 Å². The lowest BCUT2D eigenvalue weighted by Crippen LogP contribution is -2.64. The van der Waals surface area contributed by atoms with E-state index in [2.05, 4.69) is 22.3 Å². The highest BCUT2D eigenvalue weighted by Gasteiger charge is 2.46. The van der Waals surface area contributed by atoms with E-state index >= 15 is 0 Å². The molecule has 1 atom stereocenters. The van der Waals surface area contributed by atoms with Crippen LogP contribution in [0.15, 0.2) is 48.5 Å². The van der Waals surface area contributed by atoms with Gasteiger partial charge in [-0.25, -0.2) is 0 Å². The largest absolute Gasteiger partial charge is 0.497 e. The van der Waals surface area contributed by atoms with Crippen LogP contribution < -0.4 is 14.8 Å². The first-order valence-electron chi connectivity index (χ1n) is 8.89. The molecular formula is C21H26N2O3. The fourth-order valence-corrected chi connectivity index (χ4v) is 3.30. The Morgan fingerprint density at radius 2 is 1.92 bits per heavy atom. The number of hydrogen-bond donors (Lipinski definition) is 1. The van der Waals surface area contributed by atoms with Crippen LogP contribution in [0.1, 0.15) is 18.9 Å². The maximum Gasteiger partial charge on any atom is 0.244 e. The van der Waals surface area contributed by atoms with Crippen molar-refractivity contribution in [2.75, 3.05) is 32.6 Å². The molecule has 1 aliphatic rings. The van der Waals surface area contributed by atoms with Gasteiger partial charge in [0.15, 0.2) is 0 Å². The molecule has 0 aliphatic carbocycles. The minimum Gasteiger partial charge on any atom is -0.497 e. The molecule has 1 heterocycles. The maximum atomic E-state index is 13.0. The molecule has 5 nitrogen and oxygen atoms in total. The molecule has 1 aliphatic heterocycles. The van der Waals surface area contributed by atoms with Crippen molar-refractivity contribution in [1.82, 2.24) is 4.90 Å². The van der Waals surface area contributed by atoms with Crippen LogP contribution in [0.3, 0.4) is 0 Å². The number of carbonyl (C=O) groups excluding carboxylic acids is 1. The molecule has 0 spiro atoms. The average molecular weight is 354 g/mol. The third-order valence-corrected chi connectivity index (χ3v) is 5.22. The van der Waals surface area contributed by atoms with Crippen molar-refractivity contribution >= 4 is 11.6 Å². The molecule has 5 heteroatoms. The van der Waals surface area contributed by atoms with Crippen LogP contribution in [-0.4, -0.2) is 43.7 Å². The molecular weight excluding hydrogens is 328 g/mol. The number of methoxy groups -OCH3 is 2. The zero-order chi connectivity index (χ0) is 18.6. The number of nitrogens with zero attached hydrogens (tertiary/aromatic N) is 1. The van der Waals surface area contributed by atoms with Gasteiger partial charge in [-0.3, -0.25) is 9.69 Å². The van der Waals surface area contributed by atoms with E-state index < -0.39 is 5.54 Å². The highest BCUT2D eigenvalue weighted by molar-refractivity contribution is 5.99. The first kappa shape index (κ1) is 18.3. The molecule has 0 aromatic heterocycles. The Morgan fingerprint density at radius 3 is 2.54 bits per heavy atom. The predicted octanol–water partition coefficient (Wildman–Crippen LogP) is 3.35. The number of carbonyl (C=O) groups is 1. The van der Waals surface area contributed by atoms with Gasteiger partial charge in [-0.1, -0.05) is 30.3 Å². The summed E-state index contributed by atoms with van der Waals surface area (Å²) in [7, 11) is 3.20. The smallest absolute Gasteiger partial charge is 0.244 e. The zero-order valence-corrected chi connectivity index (χ0v) is 15.6. The van der Waals surface area contributed by atoms with Gasteiger partial charge in [-0.2, -0.15) is 0 Å². The van der Waals surface area contributed by atoms with Gasteiger partial charge in [0.05, 0.1) is 25.4 Å². The average Bonchev–Trinajstić information content (AvgIpc) is 2.67. The van der Waals surface area contributed by atoms with E-state index in [1.807, 2.05) is 31.2 Å². The summed E-state index contributed by atoms with van der Waals surface area (Å²) < 4.78 is 10.6. The van der Waals surface area contributed by atoms with Gasteiger partial charge in [-0.05, 0) is 37.5 Å². The summed E-state index contributed by atoms with van der Waals surface area (Å²) in [5.74, 6) is 1.29. The Bertz CT molecular complexity index is 763. The molecule has 138 valence electrons. The monoisotopic (exact) mass is 354 g/mol. The second kappa shape index (κ2) is 7.79. The lowest BCUT2D eigenvalue weighted by Gasteiger charge is -2.49. The number of nitrogens with one attached hydrogen (secondary N) is 1. The van der Waals surface area contributed by atoms with Gasteiger partial charge >= 0.3 is 0 Å². The van der Waals surface area contributed by atoms with Crippen LogP contribution in [0, 0.1) is 0 Å². The molecule has 1 saturated heterocycles. The Balaban J connectivity index is 1.67. The van der Waals surface area contributed by atoms with E-state index in [9.17, 15) is 4.79 Å². The third-order valence-electron chi connectivity index (χ3n) is 5.22. The van der Waals surface area contributed by atoms with E-state index in [4.69, 9.17) is 9.47 Å². The summed E-state index contributed by atoms with van der Waals surface area (Å²) in [5.41, 5.74) is 1.42. The van der Waals surface area contributed by atoms with E-state index in [0.717, 1.165) is 25.9 Å². The molecule has 2 aromatic rings. The highest BCUT2D eigenvalue weighted by atomic mass is 16.5. The van der Waals surface area contributed by atoms with Crippen LogP contribution in [0.4, 0.5) is 5.69 Å².